The van der Waals surface area contributed by atoms with Gasteiger partial charge in [0.2, 0.25) is 11.8 Å². The van der Waals surface area contributed by atoms with E-state index in [1.54, 1.807) is 11.8 Å². The SMILES string of the molecule is CSc1ccc(-c2nc(COc3ccc(CC(N)=O)cc3)c(C)o2)cc1. The number of nitrogens with zero attached hydrogens (tertiary/aromatic N) is 1. The van der Waals surface area contributed by atoms with E-state index in [2.05, 4.69) is 4.98 Å². The normalized spacial score (nSPS) is 10.7. The fourth-order valence-corrected chi connectivity index (χ4v) is 2.88. The average molecular weight is 368 g/mol. The molecule has 3 aromatic rings. The number of rotatable bonds is 7. The molecular weight excluding hydrogens is 348 g/mol. The molecule has 0 spiro atoms. The summed E-state index contributed by atoms with van der Waals surface area (Å²) >= 11 is 1.69. The number of nitrogens with two attached hydrogens (primary N) is 1. The molecule has 1 aromatic heterocycles. The van der Waals surface area contributed by atoms with Crippen LogP contribution >= 0.6 is 11.8 Å². The number of hydrogen-bond acceptors (Lipinski definition) is 5. The van der Waals surface area contributed by atoms with Gasteiger partial charge in [0.05, 0.1) is 6.42 Å². The van der Waals surface area contributed by atoms with E-state index in [1.807, 2.05) is 61.7 Å². The van der Waals surface area contributed by atoms with Gasteiger partial charge in [-0.1, -0.05) is 12.1 Å². The standard InChI is InChI=1S/C20H20N2O3S/c1-13-18(12-24-16-7-3-14(4-8-16)11-19(21)23)22-20(25-13)15-5-9-17(26-2)10-6-15/h3-10H,11-12H2,1-2H3,(H2,21,23). The lowest BCUT2D eigenvalue weighted by molar-refractivity contribution is -0.117. The van der Waals surface area contributed by atoms with Gasteiger partial charge in [-0.05, 0) is 55.1 Å². The number of ether oxygens (including phenoxy) is 1. The molecule has 2 N–H and O–H groups in total. The number of carbonyl (C=O) groups excluding carboxylic acids is 1. The number of hydrogen-bond donors (Lipinski definition) is 1. The Balaban J connectivity index is 1.66. The quantitative estimate of drug-likeness (QED) is 0.638. The number of primary amides is 1. The van der Waals surface area contributed by atoms with Crippen LogP contribution in [0, 0.1) is 6.92 Å². The van der Waals surface area contributed by atoms with Crippen LogP contribution in [0.1, 0.15) is 17.0 Å². The summed E-state index contributed by atoms with van der Waals surface area (Å²) in [6.07, 6.45) is 2.27. The Kier molecular flexibility index (Phi) is 5.63. The summed E-state index contributed by atoms with van der Waals surface area (Å²) in [6, 6.07) is 15.4. The Morgan fingerprint density at radius 1 is 1.15 bits per heavy atom. The van der Waals surface area contributed by atoms with E-state index < -0.39 is 0 Å². The smallest absolute Gasteiger partial charge is 0.226 e. The van der Waals surface area contributed by atoms with E-state index in [9.17, 15) is 4.79 Å². The molecule has 0 saturated heterocycles. The zero-order valence-corrected chi connectivity index (χ0v) is 15.5. The van der Waals surface area contributed by atoms with Crippen molar-refractivity contribution in [2.75, 3.05) is 6.26 Å². The first kappa shape index (κ1) is 18.1. The minimum absolute atomic E-state index is 0.224. The molecule has 0 aliphatic rings. The third kappa shape index (κ3) is 4.46. The molecule has 0 aliphatic heterocycles. The monoisotopic (exact) mass is 368 g/mol. The third-order valence-electron chi connectivity index (χ3n) is 3.91. The van der Waals surface area contributed by atoms with E-state index in [4.69, 9.17) is 14.9 Å². The first-order valence-corrected chi connectivity index (χ1v) is 9.38. The molecule has 1 heterocycles. The molecule has 0 radical (unpaired) electrons. The lowest BCUT2D eigenvalue weighted by Crippen LogP contribution is -2.13. The van der Waals surface area contributed by atoms with Gasteiger partial charge in [-0.3, -0.25) is 4.79 Å². The summed E-state index contributed by atoms with van der Waals surface area (Å²) in [5, 5.41) is 0. The van der Waals surface area contributed by atoms with Crippen LogP contribution in [0.2, 0.25) is 0 Å². The molecule has 1 amide bonds. The second kappa shape index (κ2) is 8.10. The van der Waals surface area contributed by atoms with Gasteiger partial charge < -0.3 is 14.9 Å². The topological polar surface area (TPSA) is 78.4 Å². The molecule has 3 rings (SSSR count). The van der Waals surface area contributed by atoms with Crippen LogP contribution in [-0.2, 0) is 17.8 Å². The Hall–Kier alpha value is -2.73. The van der Waals surface area contributed by atoms with Gasteiger partial charge in [0.25, 0.3) is 0 Å². The number of carbonyl (C=O) groups is 1. The number of aromatic nitrogens is 1. The molecule has 0 aliphatic carbocycles. The highest BCUT2D eigenvalue weighted by Gasteiger charge is 2.12. The third-order valence-corrected chi connectivity index (χ3v) is 4.65. The minimum atomic E-state index is -0.352. The van der Waals surface area contributed by atoms with Crippen LogP contribution in [0.4, 0.5) is 0 Å². The van der Waals surface area contributed by atoms with Crippen molar-refractivity contribution in [2.24, 2.45) is 5.73 Å². The minimum Gasteiger partial charge on any atom is -0.487 e. The van der Waals surface area contributed by atoms with Crippen LogP contribution in [0.3, 0.4) is 0 Å². The number of aryl methyl sites for hydroxylation is 1. The lowest BCUT2D eigenvalue weighted by atomic mass is 10.1. The van der Waals surface area contributed by atoms with Crippen molar-refractivity contribution in [3.8, 4) is 17.2 Å². The van der Waals surface area contributed by atoms with Crippen molar-refractivity contribution in [3.63, 3.8) is 0 Å². The molecule has 2 aromatic carbocycles. The summed E-state index contributed by atoms with van der Waals surface area (Å²) in [5.74, 6) is 1.67. The van der Waals surface area contributed by atoms with E-state index in [0.29, 0.717) is 18.2 Å². The molecule has 6 heteroatoms. The van der Waals surface area contributed by atoms with E-state index in [0.717, 1.165) is 22.6 Å². The number of oxazole rings is 1. The van der Waals surface area contributed by atoms with Crippen LogP contribution in [0.15, 0.2) is 57.8 Å². The molecule has 134 valence electrons. The Bertz CT molecular complexity index is 886. The van der Waals surface area contributed by atoms with Crippen molar-refractivity contribution in [2.45, 2.75) is 24.8 Å². The van der Waals surface area contributed by atoms with Crippen molar-refractivity contribution in [1.82, 2.24) is 4.98 Å². The zero-order chi connectivity index (χ0) is 18.5. The summed E-state index contributed by atoms with van der Waals surface area (Å²) in [4.78, 5) is 16.7. The molecule has 0 unspecified atom stereocenters. The molecule has 0 atom stereocenters. The fourth-order valence-electron chi connectivity index (χ4n) is 2.48. The Morgan fingerprint density at radius 2 is 1.85 bits per heavy atom. The molecule has 5 nitrogen and oxygen atoms in total. The lowest BCUT2D eigenvalue weighted by Gasteiger charge is -2.05. The Morgan fingerprint density at radius 3 is 2.46 bits per heavy atom. The highest BCUT2D eigenvalue weighted by molar-refractivity contribution is 7.98. The molecule has 26 heavy (non-hydrogen) atoms. The Labute approximate surface area is 156 Å². The summed E-state index contributed by atoms with van der Waals surface area (Å²) in [5.41, 5.74) is 7.75. The zero-order valence-electron chi connectivity index (χ0n) is 14.7. The van der Waals surface area contributed by atoms with E-state index >= 15 is 0 Å². The number of thioether (sulfide) groups is 1. The van der Waals surface area contributed by atoms with Crippen molar-refractivity contribution >= 4 is 17.7 Å². The molecule has 0 bridgehead atoms. The maximum absolute atomic E-state index is 10.9. The molecular formula is C20H20N2O3S. The van der Waals surface area contributed by atoms with Gasteiger partial charge in [-0.25, -0.2) is 4.98 Å². The van der Waals surface area contributed by atoms with Crippen molar-refractivity contribution in [1.29, 1.82) is 0 Å². The van der Waals surface area contributed by atoms with Crippen molar-refractivity contribution < 1.29 is 13.9 Å². The van der Waals surface area contributed by atoms with Crippen LogP contribution in [0.25, 0.3) is 11.5 Å². The predicted molar refractivity (Wildman–Crippen MR) is 102 cm³/mol. The average Bonchev–Trinajstić information content (AvgIpc) is 3.01. The second-order valence-electron chi connectivity index (χ2n) is 5.83. The van der Waals surface area contributed by atoms with E-state index in [-0.39, 0.29) is 12.3 Å². The van der Waals surface area contributed by atoms with Gasteiger partial charge in [0.1, 0.15) is 23.8 Å². The highest BCUT2D eigenvalue weighted by Crippen LogP contribution is 2.25. The second-order valence-corrected chi connectivity index (χ2v) is 6.71. The van der Waals surface area contributed by atoms with Crippen LogP contribution in [-0.4, -0.2) is 17.1 Å². The van der Waals surface area contributed by atoms with Gasteiger partial charge in [-0.2, -0.15) is 0 Å². The van der Waals surface area contributed by atoms with Crippen molar-refractivity contribution in [3.05, 3.63) is 65.5 Å². The van der Waals surface area contributed by atoms with Crippen LogP contribution < -0.4 is 10.5 Å². The maximum Gasteiger partial charge on any atom is 0.226 e. The maximum atomic E-state index is 10.9. The number of amides is 1. The fraction of sp³-hybridized carbons (Fsp3) is 0.200. The van der Waals surface area contributed by atoms with Gasteiger partial charge in [-0.15, -0.1) is 11.8 Å². The first-order valence-electron chi connectivity index (χ1n) is 8.16. The first-order chi connectivity index (χ1) is 12.5. The summed E-state index contributed by atoms with van der Waals surface area (Å²) < 4.78 is 11.6. The van der Waals surface area contributed by atoms with Crippen LogP contribution in [0.5, 0.6) is 5.75 Å². The predicted octanol–water partition coefficient (Wildman–Crippen LogP) is 3.98. The largest absolute Gasteiger partial charge is 0.487 e. The molecule has 0 fully saturated rings. The molecule has 0 saturated carbocycles. The van der Waals surface area contributed by atoms with E-state index in [1.165, 1.54) is 4.90 Å². The van der Waals surface area contributed by atoms with Gasteiger partial charge in [0, 0.05) is 10.5 Å². The highest BCUT2D eigenvalue weighted by atomic mass is 32.2. The summed E-state index contributed by atoms with van der Waals surface area (Å²) in [6.45, 7) is 2.19. The van der Waals surface area contributed by atoms with Gasteiger partial charge in [0.15, 0.2) is 0 Å². The summed E-state index contributed by atoms with van der Waals surface area (Å²) in [7, 11) is 0. The number of benzene rings is 2. The van der Waals surface area contributed by atoms with Gasteiger partial charge >= 0.3 is 0 Å².